The van der Waals surface area contributed by atoms with Crippen molar-refractivity contribution >= 4 is 11.6 Å². The number of halogens is 3. The zero-order valence-corrected chi connectivity index (χ0v) is 19.2. The van der Waals surface area contributed by atoms with Crippen LogP contribution in [0.1, 0.15) is 28.1 Å². The van der Waals surface area contributed by atoms with Crippen molar-refractivity contribution in [3.63, 3.8) is 0 Å². The zero-order valence-electron chi connectivity index (χ0n) is 19.2. The Hall–Kier alpha value is -4.21. The second-order valence-corrected chi connectivity index (χ2v) is 7.98. The molecule has 4 aromatic rings. The van der Waals surface area contributed by atoms with Gasteiger partial charge in [0.1, 0.15) is 5.75 Å². The molecule has 2 aromatic heterocycles. The van der Waals surface area contributed by atoms with E-state index in [1.165, 1.54) is 12.1 Å². The van der Waals surface area contributed by atoms with Crippen molar-refractivity contribution < 1.29 is 22.7 Å². The highest BCUT2D eigenvalue weighted by Gasteiger charge is 2.30. The van der Waals surface area contributed by atoms with Crippen molar-refractivity contribution in [1.82, 2.24) is 20.0 Å². The first-order chi connectivity index (χ1) is 16.6. The van der Waals surface area contributed by atoms with Crippen molar-refractivity contribution in [3.8, 4) is 17.4 Å². The Balaban J connectivity index is 1.34. The van der Waals surface area contributed by atoms with Crippen LogP contribution in [-0.4, -0.2) is 25.9 Å². The minimum atomic E-state index is -4.41. The topological polar surface area (TPSA) is 81.9 Å². The number of aryl methyl sites for hydroxylation is 1. The first kappa shape index (κ1) is 23.9. The Bertz CT molecular complexity index is 1330. The van der Waals surface area contributed by atoms with Gasteiger partial charge in [-0.25, -0.2) is 4.68 Å². The Morgan fingerprint density at radius 2 is 1.63 bits per heavy atom. The summed E-state index contributed by atoms with van der Waals surface area (Å²) in [6.07, 6.45) is -4.46. The number of carbonyl (C=O) groups is 1. The maximum atomic E-state index is 12.7. The summed E-state index contributed by atoms with van der Waals surface area (Å²) in [5.41, 5.74) is 3.26. The van der Waals surface area contributed by atoms with Gasteiger partial charge in [0.15, 0.2) is 5.82 Å². The lowest BCUT2D eigenvalue weighted by Gasteiger charge is -2.09. The van der Waals surface area contributed by atoms with Gasteiger partial charge in [-0.3, -0.25) is 4.79 Å². The lowest BCUT2D eigenvalue weighted by atomic mass is 10.1. The smallest absolute Gasteiger partial charge is 0.416 e. The van der Waals surface area contributed by atoms with Gasteiger partial charge < -0.3 is 10.1 Å². The van der Waals surface area contributed by atoms with Crippen LogP contribution in [0.5, 0.6) is 11.6 Å². The van der Waals surface area contributed by atoms with Crippen molar-refractivity contribution in [1.29, 1.82) is 0 Å². The van der Waals surface area contributed by atoms with Crippen LogP contribution in [0.2, 0.25) is 0 Å². The zero-order chi connectivity index (χ0) is 25.2. The van der Waals surface area contributed by atoms with Gasteiger partial charge in [-0.1, -0.05) is 12.1 Å². The average molecular weight is 481 g/mol. The van der Waals surface area contributed by atoms with E-state index in [4.69, 9.17) is 4.74 Å². The third-order valence-corrected chi connectivity index (χ3v) is 5.50. The number of hydrogen-bond acceptors (Lipinski definition) is 5. The molecule has 1 amide bonds. The molecule has 0 unspecified atom stereocenters. The Morgan fingerprint density at radius 1 is 0.943 bits per heavy atom. The molecule has 180 valence electrons. The van der Waals surface area contributed by atoms with E-state index in [9.17, 15) is 18.0 Å². The number of nitrogens with one attached hydrogen (secondary N) is 1. The molecule has 7 nitrogen and oxygen atoms in total. The summed E-state index contributed by atoms with van der Waals surface area (Å²) in [6, 6.07) is 14.6. The van der Waals surface area contributed by atoms with E-state index in [1.54, 1.807) is 41.1 Å². The fourth-order valence-electron chi connectivity index (χ4n) is 3.35. The van der Waals surface area contributed by atoms with Gasteiger partial charge in [-0.05, 0) is 74.4 Å². The van der Waals surface area contributed by atoms with E-state index >= 15 is 0 Å². The standard InChI is InChI=1S/C25H22F3N5O2/c1-15-16(2)32-33(17(15)3)22-12-13-24(31-30-22)35-21-10-8-20(9-11-21)29-23(34)14-18-4-6-19(7-5-18)25(26,27)28/h4-13H,14H2,1-3H3,(H,29,34). The van der Waals surface area contributed by atoms with Gasteiger partial charge in [0, 0.05) is 17.4 Å². The van der Waals surface area contributed by atoms with Crippen LogP contribution in [0.25, 0.3) is 5.82 Å². The van der Waals surface area contributed by atoms with Gasteiger partial charge in [0.25, 0.3) is 0 Å². The lowest BCUT2D eigenvalue weighted by molar-refractivity contribution is -0.137. The van der Waals surface area contributed by atoms with Gasteiger partial charge in [0.05, 0.1) is 17.7 Å². The van der Waals surface area contributed by atoms with Gasteiger partial charge in [-0.15, -0.1) is 10.2 Å². The molecule has 10 heteroatoms. The number of benzene rings is 2. The number of aromatic nitrogens is 4. The summed E-state index contributed by atoms with van der Waals surface area (Å²) in [4.78, 5) is 12.2. The number of rotatable bonds is 6. The van der Waals surface area contributed by atoms with Crippen molar-refractivity contribution in [3.05, 3.63) is 88.7 Å². The lowest BCUT2D eigenvalue weighted by Crippen LogP contribution is -2.14. The maximum Gasteiger partial charge on any atom is 0.416 e. The van der Waals surface area contributed by atoms with E-state index in [0.717, 1.165) is 29.1 Å². The summed E-state index contributed by atoms with van der Waals surface area (Å²) in [5.74, 6) is 1.03. The highest BCUT2D eigenvalue weighted by Crippen LogP contribution is 2.29. The summed E-state index contributed by atoms with van der Waals surface area (Å²) in [6.45, 7) is 5.90. The highest BCUT2D eigenvalue weighted by atomic mass is 19.4. The van der Waals surface area contributed by atoms with Gasteiger partial charge >= 0.3 is 6.18 Å². The molecule has 2 heterocycles. The summed E-state index contributed by atoms with van der Waals surface area (Å²) < 4.78 is 45.4. The van der Waals surface area contributed by atoms with E-state index in [2.05, 4.69) is 20.6 Å². The average Bonchev–Trinajstić information content (AvgIpc) is 3.08. The number of amides is 1. The number of nitrogens with zero attached hydrogens (tertiary/aromatic N) is 4. The third kappa shape index (κ3) is 5.65. The van der Waals surface area contributed by atoms with E-state index in [1.807, 2.05) is 20.8 Å². The molecular formula is C25H22F3N5O2. The van der Waals surface area contributed by atoms with Crippen molar-refractivity contribution in [2.24, 2.45) is 0 Å². The van der Waals surface area contributed by atoms with Crippen LogP contribution in [0, 0.1) is 20.8 Å². The fourth-order valence-corrected chi connectivity index (χ4v) is 3.35. The van der Waals surface area contributed by atoms with E-state index < -0.39 is 11.7 Å². The number of ether oxygens (including phenoxy) is 1. The summed E-state index contributed by atoms with van der Waals surface area (Å²) in [7, 11) is 0. The molecule has 0 atom stereocenters. The van der Waals surface area contributed by atoms with E-state index in [-0.39, 0.29) is 12.3 Å². The predicted molar refractivity (Wildman–Crippen MR) is 124 cm³/mol. The highest BCUT2D eigenvalue weighted by molar-refractivity contribution is 5.92. The number of anilines is 1. The monoisotopic (exact) mass is 481 g/mol. The molecule has 0 aliphatic heterocycles. The molecular weight excluding hydrogens is 459 g/mol. The minimum Gasteiger partial charge on any atom is -0.438 e. The molecule has 0 aliphatic carbocycles. The number of hydrogen-bond donors (Lipinski definition) is 1. The van der Waals surface area contributed by atoms with E-state index in [0.29, 0.717) is 28.7 Å². The van der Waals surface area contributed by atoms with Gasteiger partial charge in [0.2, 0.25) is 11.8 Å². The SMILES string of the molecule is Cc1nn(-c2ccc(Oc3ccc(NC(=O)Cc4ccc(C(F)(F)F)cc4)cc3)nn2)c(C)c1C. The van der Waals surface area contributed by atoms with Crippen LogP contribution in [0.15, 0.2) is 60.7 Å². The second kappa shape index (κ2) is 9.57. The normalized spacial score (nSPS) is 11.4. The Morgan fingerprint density at radius 3 is 2.17 bits per heavy atom. The predicted octanol–water partition coefficient (Wildman–Crippen LogP) is 5.58. The second-order valence-electron chi connectivity index (χ2n) is 7.98. The molecule has 0 saturated carbocycles. The molecule has 0 aliphatic rings. The van der Waals surface area contributed by atoms with Crippen LogP contribution in [-0.2, 0) is 17.4 Å². The fraction of sp³-hybridized carbons (Fsp3) is 0.200. The minimum absolute atomic E-state index is 0.0485. The number of carbonyl (C=O) groups excluding carboxylic acids is 1. The maximum absolute atomic E-state index is 12.7. The number of alkyl halides is 3. The molecule has 0 fully saturated rings. The summed E-state index contributed by atoms with van der Waals surface area (Å²) in [5, 5.41) is 15.4. The molecule has 0 radical (unpaired) electrons. The van der Waals surface area contributed by atoms with Crippen LogP contribution < -0.4 is 10.1 Å². The Labute approximate surface area is 199 Å². The Kier molecular flexibility index (Phi) is 6.54. The molecule has 1 N–H and O–H groups in total. The molecule has 35 heavy (non-hydrogen) atoms. The first-order valence-corrected chi connectivity index (χ1v) is 10.7. The van der Waals surface area contributed by atoms with Crippen LogP contribution >= 0.6 is 0 Å². The van der Waals surface area contributed by atoms with Crippen molar-refractivity contribution in [2.45, 2.75) is 33.4 Å². The third-order valence-electron chi connectivity index (χ3n) is 5.50. The van der Waals surface area contributed by atoms with Crippen LogP contribution in [0.4, 0.5) is 18.9 Å². The molecule has 4 rings (SSSR count). The molecule has 0 bridgehead atoms. The van der Waals surface area contributed by atoms with Crippen molar-refractivity contribution in [2.75, 3.05) is 5.32 Å². The molecule has 0 saturated heterocycles. The van der Waals surface area contributed by atoms with Crippen LogP contribution in [0.3, 0.4) is 0 Å². The molecule has 2 aromatic carbocycles. The quantitative estimate of drug-likeness (QED) is 0.389. The van der Waals surface area contributed by atoms with Gasteiger partial charge in [-0.2, -0.15) is 18.3 Å². The summed E-state index contributed by atoms with van der Waals surface area (Å²) >= 11 is 0. The largest absolute Gasteiger partial charge is 0.438 e. The first-order valence-electron chi connectivity index (χ1n) is 10.7. The molecule has 0 spiro atoms.